The van der Waals surface area contributed by atoms with Gasteiger partial charge in [-0.15, -0.1) is 11.8 Å². The summed E-state index contributed by atoms with van der Waals surface area (Å²) in [5, 5.41) is 0. The fourth-order valence-corrected chi connectivity index (χ4v) is 2.32. The average molecular weight is 230 g/mol. The second kappa shape index (κ2) is 6.35. The van der Waals surface area contributed by atoms with Crippen LogP contribution in [0.25, 0.3) is 0 Å². The number of rotatable bonds is 4. The molecule has 1 rings (SSSR count). The molecular formula is C16H22O. The van der Waals surface area contributed by atoms with Crippen molar-refractivity contribution in [2.24, 2.45) is 0 Å². The Morgan fingerprint density at radius 2 is 1.82 bits per heavy atom. The molecule has 0 amide bonds. The standard InChI is InChI=1S/C16H22O/c1-6-8-9-12(3)16-13(4)10-15(17-7-2)11-14(16)5/h10-12H,7,9H2,1-5H3. The molecule has 0 spiro atoms. The molecule has 1 heteroatoms. The number of ether oxygens (including phenoxy) is 1. The molecule has 1 atom stereocenters. The molecule has 0 aromatic heterocycles. The first kappa shape index (κ1) is 13.6. The predicted octanol–water partition coefficient (Wildman–Crippen LogP) is 4.22. The summed E-state index contributed by atoms with van der Waals surface area (Å²) in [5.74, 6) is 7.58. The van der Waals surface area contributed by atoms with E-state index < -0.39 is 0 Å². The van der Waals surface area contributed by atoms with E-state index in [1.807, 2.05) is 13.8 Å². The minimum atomic E-state index is 0.484. The molecule has 92 valence electrons. The molecule has 1 unspecified atom stereocenters. The molecule has 0 aliphatic rings. The zero-order valence-electron chi connectivity index (χ0n) is 11.6. The molecule has 17 heavy (non-hydrogen) atoms. The van der Waals surface area contributed by atoms with Gasteiger partial charge in [-0.25, -0.2) is 0 Å². The van der Waals surface area contributed by atoms with Gasteiger partial charge in [0.15, 0.2) is 0 Å². The molecule has 0 fully saturated rings. The Balaban J connectivity index is 3.02. The van der Waals surface area contributed by atoms with E-state index >= 15 is 0 Å². The monoisotopic (exact) mass is 230 g/mol. The SMILES string of the molecule is CC#CCC(C)c1c(C)cc(OCC)cc1C. The van der Waals surface area contributed by atoms with Gasteiger partial charge in [-0.1, -0.05) is 6.92 Å². The summed E-state index contributed by atoms with van der Waals surface area (Å²) in [6.07, 6.45) is 0.923. The molecule has 1 aromatic rings. The zero-order chi connectivity index (χ0) is 12.8. The minimum Gasteiger partial charge on any atom is -0.494 e. The van der Waals surface area contributed by atoms with Crippen molar-refractivity contribution in [3.63, 3.8) is 0 Å². The van der Waals surface area contributed by atoms with Crippen molar-refractivity contribution in [1.82, 2.24) is 0 Å². The fourth-order valence-electron chi connectivity index (χ4n) is 2.32. The van der Waals surface area contributed by atoms with E-state index in [0.29, 0.717) is 5.92 Å². The lowest BCUT2D eigenvalue weighted by molar-refractivity contribution is 0.339. The lowest BCUT2D eigenvalue weighted by Crippen LogP contribution is -2.01. The van der Waals surface area contributed by atoms with Gasteiger partial charge in [-0.2, -0.15) is 0 Å². The highest BCUT2D eigenvalue weighted by Crippen LogP contribution is 2.29. The third-order valence-corrected chi connectivity index (χ3v) is 2.96. The van der Waals surface area contributed by atoms with Crippen LogP contribution in [0.5, 0.6) is 5.75 Å². The zero-order valence-corrected chi connectivity index (χ0v) is 11.6. The second-order valence-corrected chi connectivity index (χ2v) is 4.44. The van der Waals surface area contributed by atoms with Crippen molar-refractivity contribution in [3.05, 3.63) is 28.8 Å². The Bertz CT molecular complexity index is 412. The first-order valence-electron chi connectivity index (χ1n) is 6.23. The summed E-state index contributed by atoms with van der Waals surface area (Å²) in [6, 6.07) is 4.25. The normalized spacial score (nSPS) is 11.6. The van der Waals surface area contributed by atoms with Crippen LogP contribution in [0.3, 0.4) is 0 Å². The lowest BCUT2D eigenvalue weighted by Gasteiger charge is -2.17. The molecule has 0 aliphatic heterocycles. The number of hydrogen-bond donors (Lipinski definition) is 0. The molecule has 0 heterocycles. The summed E-state index contributed by atoms with van der Waals surface area (Å²) in [4.78, 5) is 0. The highest BCUT2D eigenvalue weighted by Gasteiger charge is 2.12. The van der Waals surface area contributed by atoms with Gasteiger partial charge in [-0.3, -0.25) is 0 Å². The minimum absolute atomic E-state index is 0.484. The Hall–Kier alpha value is -1.42. The van der Waals surface area contributed by atoms with Crippen LogP contribution in [0, 0.1) is 25.7 Å². The molecular weight excluding hydrogens is 208 g/mol. The molecule has 0 saturated carbocycles. The van der Waals surface area contributed by atoms with Gasteiger partial charge in [0.25, 0.3) is 0 Å². The predicted molar refractivity (Wildman–Crippen MR) is 73.6 cm³/mol. The summed E-state index contributed by atoms with van der Waals surface area (Å²) in [6.45, 7) is 11.2. The number of aryl methyl sites for hydroxylation is 2. The third-order valence-electron chi connectivity index (χ3n) is 2.96. The third kappa shape index (κ3) is 3.53. The van der Waals surface area contributed by atoms with E-state index in [-0.39, 0.29) is 0 Å². The molecule has 0 saturated heterocycles. The van der Waals surface area contributed by atoms with E-state index in [1.54, 1.807) is 0 Å². The summed E-state index contributed by atoms with van der Waals surface area (Å²) in [7, 11) is 0. The van der Waals surface area contributed by atoms with Crippen LogP contribution in [-0.4, -0.2) is 6.61 Å². The topological polar surface area (TPSA) is 9.23 Å². The molecule has 1 aromatic carbocycles. The first-order chi connectivity index (χ1) is 8.10. The van der Waals surface area contributed by atoms with Crippen LogP contribution in [0.2, 0.25) is 0 Å². The maximum atomic E-state index is 5.56. The summed E-state index contributed by atoms with van der Waals surface area (Å²) >= 11 is 0. The Morgan fingerprint density at radius 3 is 2.29 bits per heavy atom. The smallest absolute Gasteiger partial charge is 0.119 e. The molecule has 0 aliphatic carbocycles. The fraction of sp³-hybridized carbons (Fsp3) is 0.500. The van der Waals surface area contributed by atoms with Gasteiger partial charge in [0, 0.05) is 6.42 Å². The van der Waals surface area contributed by atoms with Crippen LogP contribution < -0.4 is 4.74 Å². The lowest BCUT2D eigenvalue weighted by atomic mass is 9.90. The molecule has 0 N–H and O–H groups in total. The Kier molecular flexibility index (Phi) is 5.10. The molecule has 1 nitrogen and oxygen atoms in total. The maximum Gasteiger partial charge on any atom is 0.119 e. The van der Waals surface area contributed by atoms with Gasteiger partial charge in [0.05, 0.1) is 6.61 Å². The number of hydrogen-bond acceptors (Lipinski definition) is 1. The maximum absolute atomic E-state index is 5.56. The molecule has 0 bridgehead atoms. The highest BCUT2D eigenvalue weighted by atomic mass is 16.5. The van der Waals surface area contributed by atoms with Crippen molar-refractivity contribution in [2.45, 2.75) is 47.0 Å². The van der Waals surface area contributed by atoms with Crippen LogP contribution in [0.15, 0.2) is 12.1 Å². The van der Waals surface area contributed by atoms with Crippen LogP contribution in [-0.2, 0) is 0 Å². The van der Waals surface area contributed by atoms with E-state index in [2.05, 4.69) is 44.7 Å². The first-order valence-corrected chi connectivity index (χ1v) is 6.23. The Morgan fingerprint density at radius 1 is 1.24 bits per heavy atom. The van der Waals surface area contributed by atoms with Gasteiger partial charge >= 0.3 is 0 Å². The molecule has 0 radical (unpaired) electrons. The van der Waals surface area contributed by atoms with Gasteiger partial charge in [0.2, 0.25) is 0 Å². The van der Waals surface area contributed by atoms with E-state index in [4.69, 9.17) is 4.74 Å². The van der Waals surface area contributed by atoms with Crippen LogP contribution >= 0.6 is 0 Å². The quantitative estimate of drug-likeness (QED) is 0.704. The second-order valence-electron chi connectivity index (χ2n) is 4.44. The van der Waals surface area contributed by atoms with Crippen molar-refractivity contribution < 1.29 is 4.74 Å². The van der Waals surface area contributed by atoms with E-state index in [1.165, 1.54) is 16.7 Å². The van der Waals surface area contributed by atoms with Crippen LogP contribution in [0.4, 0.5) is 0 Å². The van der Waals surface area contributed by atoms with E-state index in [9.17, 15) is 0 Å². The highest BCUT2D eigenvalue weighted by molar-refractivity contribution is 5.43. The number of benzene rings is 1. The van der Waals surface area contributed by atoms with Gasteiger partial charge in [0.1, 0.15) is 5.75 Å². The van der Waals surface area contributed by atoms with Crippen LogP contribution in [0.1, 0.15) is 49.8 Å². The van der Waals surface area contributed by atoms with Crippen molar-refractivity contribution in [1.29, 1.82) is 0 Å². The van der Waals surface area contributed by atoms with Gasteiger partial charge in [-0.05, 0) is 62.4 Å². The van der Waals surface area contributed by atoms with E-state index in [0.717, 1.165) is 18.8 Å². The van der Waals surface area contributed by atoms with Gasteiger partial charge < -0.3 is 4.74 Å². The largest absolute Gasteiger partial charge is 0.494 e. The summed E-state index contributed by atoms with van der Waals surface area (Å²) in [5.41, 5.74) is 4.02. The van der Waals surface area contributed by atoms with Crippen molar-refractivity contribution >= 4 is 0 Å². The van der Waals surface area contributed by atoms with Crippen molar-refractivity contribution in [3.8, 4) is 17.6 Å². The summed E-state index contributed by atoms with van der Waals surface area (Å²) < 4.78 is 5.56. The Labute approximate surface area is 105 Å². The van der Waals surface area contributed by atoms with Crippen molar-refractivity contribution in [2.75, 3.05) is 6.61 Å². The average Bonchev–Trinajstić information content (AvgIpc) is 2.25.